The molecule has 0 saturated heterocycles. The van der Waals surface area contributed by atoms with Crippen LogP contribution in [0, 0.1) is 5.82 Å². The van der Waals surface area contributed by atoms with Gasteiger partial charge in [0.05, 0.1) is 0 Å². The van der Waals surface area contributed by atoms with Crippen molar-refractivity contribution in [2.45, 2.75) is 19.4 Å². The molecule has 0 fully saturated rings. The number of hydrogen-bond donors (Lipinski definition) is 1. The van der Waals surface area contributed by atoms with Gasteiger partial charge in [-0.2, -0.15) is 0 Å². The second kappa shape index (κ2) is 7.46. The van der Waals surface area contributed by atoms with Gasteiger partial charge in [0.2, 0.25) is 0 Å². The summed E-state index contributed by atoms with van der Waals surface area (Å²) in [6, 6.07) is 10.0. The lowest BCUT2D eigenvalue weighted by Gasteiger charge is -2.19. The third-order valence-corrected chi connectivity index (χ3v) is 3.85. The molecule has 0 heterocycles. The third-order valence-electron chi connectivity index (χ3n) is 3.18. The minimum absolute atomic E-state index is 0.0677. The monoisotopic (exact) mass is 345 g/mol. The molecule has 0 bridgehead atoms. The Morgan fingerprint density at radius 2 is 1.67 bits per heavy atom. The molecule has 0 aliphatic rings. The van der Waals surface area contributed by atoms with Gasteiger partial charge in [0.15, 0.2) is 0 Å². The Kier molecular flexibility index (Phi) is 5.88. The summed E-state index contributed by atoms with van der Waals surface area (Å²) in [5.74, 6) is -0.307. The summed E-state index contributed by atoms with van der Waals surface area (Å²) in [6.45, 7) is 2.75. The Balaban J connectivity index is 2.30. The van der Waals surface area contributed by atoms with Crippen LogP contribution in [-0.2, 0) is 6.42 Å². The first-order chi connectivity index (χ1) is 9.99. The van der Waals surface area contributed by atoms with Crippen LogP contribution in [0.1, 0.15) is 24.1 Å². The maximum absolute atomic E-state index is 14.0. The number of nitrogens with one attached hydrogen (secondary N) is 1. The lowest BCUT2D eigenvalue weighted by atomic mass is 9.98. The quantitative estimate of drug-likeness (QED) is 0.734. The maximum Gasteiger partial charge on any atom is 0.127 e. The Hall–Kier alpha value is -0.800. The molecule has 21 heavy (non-hydrogen) atoms. The van der Waals surface area contributed by atoms with Gasteiger partial charge in [-0.05, 0) is 54.4 Å². The SMILES string of the molecule is CCNC(Cc1ccc(Cl)cc1F)c1cc(Cl)cc(Cl)c1. The number of hydrogen-bond acceptors (Lipinski definition) is 1. The zero-order valence-corrected chi connectivity index (χ0v) is 13.7. The van der Waals surface area contributed by atoms with Crippen molar-refractivity contribution in [1.29, 1.82) is 0 Å². The normalized spacial score (nSPS) is 12.4. The minimum Gasteiger partial charge on any atom is -0.310 e. The van der Waals surface area contributed by atoms with Crippen molar-refractivity contribution in [1.82, 2.24) is 5.32 Å². The van der Waals surface area contributed by atoms with Crippen LogP contribution in [0.15, 0.2) is 36.4 Å². The highest BCUT2D eigenvalue weighted by Crippen LogP contribution is 2.27. The van der Waals surface area contributed by atoms with E-state index in [9.17, 15) is 4.39 Å². The molecule has 0 aliphatic carbocycles. The zero-order valence-electron chi connectivity index (χ0n) is 11.5. The van der Waals surface area contributed by atoms with E-state index in [1.807, 2.05) is 19.1 Å². The van der Waals surface area contributed by atoms with Crippen molar-refractivity contribution >= 4 is 34.8 Å². The molecule has 2 aromatic rings. The van der Waals surface area contributed by atoms with E-state index < -0.39 is 0 Å². The average molecular weight is 347 g/mol. The van der Waals surface area contributed by atoms with Crippen LogP contribution in [0.3, 0.4) is 0 Å². The van der Waals surface area contributed by atoms with Crippen molar-refractivity contribution < 1.29 is 4.39 Å². The van der Waals surface area contributed by atoms with E-state index in [2.05, 4.69) is 5.32 Å². The molecule has 2 aromatic carbocycles. The Morgan fingerprint density at radius 3 is 2.24 bits per heavy atom. The summed E-state index contributed by atoms with van der Waals surface area (Å²) in [5.41, 5.74) is 1.53. The molecule has 5 heteroatoms. The van der Waals surface area contributed by atoms with E-state index in [0.29, 0.717) is 27.1 Å². The zero-order chi connectivity index (χ0) is 15.4. The van der Waals surface area contributed by atoms with Gasteiger partial charge in [-0.1, -0.05) is 47.8 Å². The van der Waals surface area contributed by atoms with Crippen molar-refractivity contribution in [2.24, 2.45) is 0 Å². The molecule has 0 radical (unpaired) electrons. The van der Waals surface area contributed by atoms with Crippen LogP contribution < -0.4 is 5.32 Å². The summed E-state index contributed by atoms with van der Waals surface area (Å²) < 4.78 is 14.0. The molecule has 0 aliphatic heterocycles. The van der Waals surface area contributed by atoms with Crippen LogP contribution in [0.2, 0.25) is 15.1 Å². The largest absolute Gasteiger partial charge is 0.310 e. The summed E-state index contributed by atoms with van der Waals surface area (Å²) in [4.78, 5) is 0. The lowest BCUT2D eigenvalue weighted by Crippen LogP contribution is -2.23. The van der Waals surface area contributed by atoms with E-state index in [0.717, 1.165) is 12.1 Å². The van der Waals surface area contributed by atoms with Crippen molar-refractivity contribution in [3.05, 3.63) is 68.4 Å². The molecule has 0 saturated carbocycles. The number of rotatable bonds is 5. The van der Waals surface area contributed by atoms with Gasteiger partial charge < -0.3 is 5.32 Å². The highest BCUT2D eigenvalue weighted by Gasteiger charge is 2.15. The van der Waals surface area contributed by atoms with Gasteiger partial charge in [-0.25, -0.2) is 4.39 Å². The number of likely N-dealkylation sites (N-methyl/N-ethyl adjacent to an activating group) is 1. The van der Waals surface area contributed by atoms with Crippen molar-refractivity contribution in [3.63, 3.8) is 0 Å². The molecular weight excluding hydrogens is 332 g/mol. The van der Waals surface area contributed by atoms with E-state index in [4.69, 9.17) is 34.8 Å². The fourth-order valence-electron chi connectivity index (χ4n) is 2.24. The number of benzene rings is 2. The second-order valence-corrected chi connectivity index (χ2v) is 6.06. The standard InChI is InChI=1S/C16H15Cl3FN/c1-2-21-16(11-5-13(18)8-14(19)6-11)7-10-3-4-12(17)9-15(10)20/h3-6,8-9,16,21H,2,7H2,1H3. The fraction of sp³-hybridized carbons (Fsp3) is 0.250. The van der Waals surface area contributed by atoms with Crippen LogP contribution >= 0.6 is 34.8 Å². The molecule has 1 nitrogen and oxygen atoms in total. The lowest BCUT2D eigenvalue weighted by molar-refractivity contribution is 0.528. The van der Waals surface area contributed by atoms with Gasteiger partial charge in [0.1, 0.15) is 5.82 Å². The number of halogens is 4. The minimum atomic E-state index is -0.307. The highest BCUT2D eigenvalue weighted by molar-refractivity contribution is 6.34. The Morgan fingerprint density at radius 1 is 1.00 bits per heavy atom. The van der Waals surface area contributed by atoms with Crippen LogP contribution in [0.25, 0.3) is 0 Å². The molecule has 0 spiro atoms. The van der Waals surface area contributed by atoms with E-state index >= 15 is 0 Å². The predicted octanol–water partition coefficient (Wildman–Crippen LogP) is 5.68. The first-order valence-electron chi connectivity index (χ1n) is 6.63. The maximum atomic E-state index is 14.0. The van der Waals surface area contributed by atoms with Crippen LogP contribution in [0.4, 0.5) is 4.39 Å². The summed E-state index contributed by atoms with van der Waals surface area (Å²) in [5, 5.41) is 4.85. The third kappa shape index (κ3) is 4.58. The summed E-state index contributed by atoms with van der Waals surface area (Å²) >= 11 is 17.9. The van der Waals surface area contributed by atoms with E-state index in [-0.39, 0.29) is 11.9 Å². The summed E-state index contributed by atoms with van der Waals surface area (Å²) in [6.07, 6.45) is 0.494. The van der Waals surface area contributed by atoms with Gasteiger partial charge in [0.25, 0.3) is 0 Å². The topological polar surface area (TPSA) is 12.0 Å². The van der Waals surface area contributed by atoms with Gasteiger partial charge >= 0.3 is 0 Å². The smallest absolute Gasteiger partial charge is 0.127 e. The first-order valence-corrected chi connectivity index (χ1v) is 7.76. The molecule has 0 aromatic heterocycles. The predicted molar refractivity (Wildman–Crippen MR) is 88.0 cm³/mol. The van der Waals surface area contributed by atoms with Crippen molar-refractivity contribution in [2.75, 3.05) is 6.54 Å². The van der Waals surface area contributed by atoms with Crippen LogP contribution in [0.5, 0.6) is 0 Å². The molecule has 1 N–H and O–H groups in total. The highest BCUT2D eigenvalue weighted by atomic mass is 35.5. The molecule has 2 rings (SSSR count). The Bertz CT molecular complexity index is 611. The van der Waals surface area contributed by atoms with Crippen LogP contribution in [-0.4, -0.2) is 6.54 Å². The first kappa shape index (κ1) is 16.6. The molecule has 1 atom stereocenters. The molecule has 112 valence electrons. The van der Waals surface area contributed by atoms with Gasteiger partial charge in [0, 0.05) is 21.1 Å². The van der Waals surface area contributed by atoms with E-state index in [1.54, 1.807) is 18.2 Å². The Labute approximate surface area is 139 Å². The summed E-state index contributed by atoms with van der Waals surface area (Å²) in [7, 11) is 0. The molecular formula is C16H15Cl3FN. The average Bonchev–Trinajstić information content (AvgIpc) is 2.40. The second-order valence-electron chi connectivity index (χ2n) is 4.75. The fourth-order valence-corrected chi connectivity index (χ4v) is 2.94. The van der Waals surface area contributed by atoms with Gasteiger partial charge in [-0.15, -0.1) is 0 Å². The molecule has 0 amide bonds. The van der Waals surface area contributed by atoms with E-state index in [1.165, 1.54) is 6.07 Å². The molecule has 1 unspecified atom stereocenters. The van der Waals surface area contributed by atoms with Gasteiger partial charge in [-0.3, -0.25) is 0 Å². The van der Waals surface area contributed by atoms with Crippen molar-refractivity contribution in [3.8, 4) is 0 Å².